The van der Waals surface area contributed by atoms with E-state index in [1.807, 2.05) is 36.4 Å². The Morgan fingerprint density at radius 2 is 1.56 bits per heavy atom. The number of halogens is 1. The van der Waals surface area contributed by atoms with E-state index >= 15 is 0 Å². The Morgan fingerprint density at radius 1 is 0.938 bits per heavy atom. The molecule has 0 radical (unpaired) electrons. The van der Waals surface area contributed by atoms with Crippen LogP contribution in [0.1, 0.15) is 11.1 Å². The van der Waals surface area contributed by atoms with Crippen LogP contribution in [-0.4, -0.2) is 0 Å². The molecule has 2 heteroatoms. The van der Waals surface area contributed by atoms with Gasteiger partial charge in [0.25, 0.3) is 0 Å². The van der Waals surface area contributed by atoms with Crippen molar-refractivity contribution in [1.29, 1.82) is 5.26 Å². The van der Waals surface area contributed by atoms with Gasteiger partial charge in [-0.05, 0) is 24.1 Å². The summed E-state index contributed by atoms with van der Waals surface area (Å²) in [5.74, 6) is 0. The van der Waals surface area contributed by atoms with Gasteiger partial charge < -0.3 is 0 Å². The molecule has 0 saturated carbocycles. The van der Waals surface area contributed by atoms with Crippen molar-refractivity contribution in [1.82, 2.24) is 0 Å². The van der Waals surface area contributed by atoms with Crippen LogP contribution in [0, 0.1) is 18.3 Å². The number of rotatable bonds is 1. The number of hydrogen-bond acceptors (Lipinski definition) is 1. The van der Waals surface area contributed by atoms with E-state index in [9.17, 15) is 0 Å². The van der Waals surface area contributed by atoms with Crippen LogP contribution >= 0.6 is 17.0 Å². The molecule has 0 spiro atoms. The molecule has 0 heterocycles. The lowest BCUT2D eigenvalue weighted by Gasteiger charge is -2.03. The quantitative estimate of drug-likeness (QED) is 0.767. The third kappa shape index (κ3) is 2.50. The monoisotopic (exact) mass is 273 g/mol. The highest BCUT2D eigenvalue weighted by Crippen LogP contribution is 2.23. The molecule has 0 aliphatic heterocycles. The van der Waals surface area contributed by atoms with Gasteiger partial charge in [0.05, 0.1) is 11.6 Å². The maximum absolute atomic E-state index is 8.98. The number of hydrogen-bond donors (Lipinski definition) is 0. The number of nitriles is 1. The minimum absolute atomic E-state index is 0. The standard InChI is InChI=1S/C14H11N.BrH/c1-11-6-8-12(9-7-11)14-5-3-2-4-13(14)10-15;/h2-9H,1H3;1H. The molecule has 16 heavy (non-hydrogen) atoms. The predicted molar refractivity (Wildman–Crippen MR) is 71.7 cm³/mol. The van der Waals surface area contributed by atoms with E-state index in [0.29, 0.717) is 0 Å². The van der Waals surface area contributed by atoms with Gasteiger partial charge in [-0.2, -0.15) is 5.26 Å². The lowest BCUT2D eigenvalue weighted by molar-refractivity contribution is 1.45. The molecule has 0 aliphatic rings. The fourth-order valence-electron chi connectivity index (χ4n) is 1.57. The van der Waals surface area contributed by atoms with Crippen molar-refractivity contribution in [2.24, 2.45) is 0 Å². The minimum Gasteiger partial charge on any atom is -0.192 e. The summed E-state index contributed by atoms with van der Waals surface area (Å²) in [4.78, 5) is 0. The van der Waals surface area contributed by atoms with Crippen molar-refractivity contribution in [3.05, 3.63) is 59.7 Å². The molecule has 0 aliphatic carbocycles. The molecule has 0 amide bonds. The average molecular weight is 274 g/mol. The van der Waals surface area contributed by atoms with Crippen molar-refractivity contribution in [2.75, 3.05) is 0 Å². The second kappa shape index (κ2) is 5.48. The van der Waals surface area contributed by atoms with Gasteiger partial charge in [-0.1, -0.05) is 48.0 Å². The zero-order valence-electron chi connectivity index (χ0n) is 8.97. The average Bonchev–Trinajstić information content (AvgIpc) is 2.30. The van der Waals surface area contributed by atoms with Gasteiger partial charge in [-0.3, -0.25) is 0 Å². The molecule has 2 aromatic carbocycles. The Balaban J connectivity index is 0.00000128. The summed E-state index contributed by atoms with van der Waals surface area (Å²) < 4.78 is 0. The molecule has 0 fully saturated rings. The summed E-state index contributed by atoms with van der Waals surface area (Å²) in [7, 11) is 0. The smallest absolute Gasteiger partial charge is 0.0998 e. The minimum atomic E-state index is 0. The lowest BCUT2D eigenvalue weighted by atomic mass is 10.00. The molecule has 80 valence electrons. The van der Waals surface area contributed by atoms with Crippen LogP contribution in [0.5, 0.6) is 0 Å². The van der Waals surface area contributed by atoms with Crippen molar-refractivity contribution >= 4 is 17.0 Å². The zero-order valence-corrected chi connectivity index (χ0v) is 10.7. The van der Waals surface area contributed by atoms with Crippen LogP contribution in [0.2, 0.25) is 0 Å². The van der Waals surface area contributed by atoms with Gasteiger partial charge in [0.2, 0.25) is 0 Å². The summed E-state index contributed by atoms with van der Waals surface area (Å²) in [5.41, 5.74) is 4.05. The molecule has 0 aromatic heterocycles. The molecular weight excluding hydrogens is 262 g/mol. The maximum atomic E-state index is 8.98. The molecule has 1 nitrogen and oxygen atoms in total. The first-order valence-electron chi connectivity index (χ1n) is 4.87. The highest BCUT2D eigenvalue weighted by Gasteiger charge is 2.02. The molecule has 2 rings (SSSR count). The lowest BCUT2D eigenvalue weighted by Crippen LogP contribution is -1.83. The Labute approximate surface area is 106 Å². The zero-order chi connectivity index (χ0) is 10.7. The van der Waals surface area contributed by atoms with Crippen LogP contribution < -0.4 is 0 Å². The van der Waals surface area contributed by atoms with Crippen molar-refractivity contribution in [3.8, 4) is 17.2 Å². The van der Waals surface area contributed by atoms with Crippen LogP contribution in [0.4, 0.5) is 0 Å². The van der Waals surface area contributed by atoms with E-state index in [0.717, 1.165) is 16.7 Å². The number of benzene rings is 2. The second-order valence-corrected chi connectivity index (χ2v) is 3.52. The number of nitrogens with zero attached hydrogens (tertiary/aromatic N) is 1. The van der Waals surface area contributed by atoms with Crippen molar-refractivity contribution < 1.29 is 0 Å². The van der Waals surface area contributed by atoms with E-state index in [4.69, 9.17) is 5.26 Å². The third-order valence-corrected chi connectivity index (χ3v) is 2.41. The van der Waals surface area contributed by atoms with E-state index in [-0.39, 0.29) is 17.0 Å². The van der Waals surface area contributed by atoms with E-state index < -0.39 is 0 Å². The normalized spacial score (nSPS) is 9.00. The van der Waals surface area contributed by atoms with Gasteiger partial charge in [-0.15, -0.1) is 17.0 Å². The fraction of sp³-hybridized carbons (Fsp3) is 0.0714. The van der Waals surface area contributed by atoms with Crippen molar-refractivity contribution in [2.45, 2.75) is 6.92 Å². The highest BCUT2D eigenvalue weighted by molar-refractivity contribution is 8.93. The Hall–Kier alpha value is -1.59. The Kier molecular flexibility index (Phi) is 4.28. The van der Waals surface area contributed by atoms with Gasteiger partial charge in [0.1, 0.15) is 0 Å². The summed E-state index contributed by atoms with van der Waals surface area (Å²) in [5, 5.41) is 8.98. The summed E-state index contributed by atoms with van der Waals surface area (Å²) >= 11 is 0. The molecule has 0 atom stereocenters. The van der Waals surface area contributed by atoms with Crippen LogP contribution in [-0.2, 0) is 0 Å². The molecule has 0 saturated heterocycles. The third-order valence-electron chi connectivity index (χ3n) is 2.41. The van der Waals surface area contributed by atoms with Gasteiger partial charge in [0, 0.05) is 0 Å². The van der Waals surface area contributed by atoms with Gasteiger partial charge in [0.15, 0.2) is 0 Å². The molecule has 0 bridgehead atoms. The molecular formula is C14H12BrN. The Bertz CT molecular complexity index is 509. The summed E-state index contributed by atoms with van der Waals surface area (Å²) in [6.45, 7) is 2.06. The summed E-state index contributed by atoms with van der Waals surface area (Å²) in [6.07, 6.45) is 0. The largest absolute Gasteiger partial charge is 0.192 e. The van der Waals surface area contributed by atoms with Gasteiger partial charge in [-0.25, -0.2) is 0 Å². The van der Waals surface area contributed by atoms with E-state index in [1.54, 1.807) is 0 Å². The first kappa shape index (κ1) is 12.5. The maximum Gasteiger partial charge on any atom is 0.0998 e. The first-order valence-corrected chi connectivity index (χ1v) is 4.87. The van der Waals surface area contributed by atoms with Crippen LogP contribution in [0.3, 0.4) is 0 Å². The summed E-state index contributed by atoms with van der Waals surface area (Å²) in [6, 6.07) is 18.1. The topological polar surface area (TPSA) is 23.8 Å². The van der Waals surface area contributed by atoms with Crippen molar-refractivity contribution in [3.63, 3.8) is 0 Å². The Morgan fingerprint density at radius 3 is 2.19 bits per heavy atom. The molecule has 0 N–H and O–H groups in total. The molecule has 2 aromatic rings. The predicted octanol–water partition coefficient (Wildman–Crippen LogP) is 4.11. The van der Waals surface area contributed by atoms with Crippen LogP contribution in [0.25, 0.3) is 11.1 Å². The van der Waals surface area contributed by atoms with E-state index in [1.165, 1.54) is 5.56 Å². The van der Waals surface area contributed by atoms with E-state index in [2.05, 4.69) is 25.1 Å². The fourth-order valence-corrected chi connectivity index (χ4v) is 1.57. The molecule has 0 unspecified atom stereocenters. The van der Waals surface area contributed by atoms with Crippen LogP contribution in [0.15, 0.2) is 48.5 Å². The number of aryl methyl sites for hydroxylation is 1. The van der Waals surface area contributed by atoms with Gasteiger partial charge >= 0.3 is 0 Å². The highest BCUT2D eigenvalue weighted by atomic mass is 79.9. The second-order valence-electron chi connectivity index (χ2n) is 3.52. The first-order chi connectivity index (χ1) is 7.31. The SMILES string of the molecule is Br.Cc1ccc(-c2ccccc2C#N)cc1.